The second kappa shape index (κ2) is 20.5. The smallest absolute Gasteiger partial charge is 0.163 e. The molecule has 0 aliphatic heterocycles. The van der Waals surface area contributed by atoms with Gasteiger partial charge in [-0.2, -0.15) is 0 Å². The van der Waals surface area contributed by atoms with Crippen molar-refractivity contribution in [1.29, 1.82) is 0 Å². The fourth-order valence-corrected chi connectivity index (χ4v) is 11.1. The summed E-state index contributed by atoms with van der Waals surface area (Å²) in [6.45, 7) is 6.36. The number of hydrogen-bond donors (Lipinski definition) is 0. The summed E-state index contributed by atoms with van der Waals surface area (Å²) >= 11 is 0. The van der Waals surface area contributed by atoms with Crippen molar-refractivity contribution in [1.82, 2.24) is 19.5 Å². The Morgan fingerprint density at radius 2 is 1.48 bits per heavy atom. The van der Waals surface area contributed by atoms with Crippen molar-refractivity contribution in [2.45, 2.75) is 40.0 Å². The van der Waals surface area contributed by atoms with Crippen LogP contribution in [0.1, 0.15) is 49.7 Å². The predicted molar refractivity (Wildman–Crippen MR) is 279 cm³/mol. The molecule has 0 spiro atoms. The summed E-state index contributed by atoms with van der Waals surface area (Å²) in [6, 6.07) is 39.8. The van der Waals surface area contributed by atoms with E-state index in [0.717, 1.165) is 35.5 Å². The van der Waals surface area contributed by atoms with Crippen molar-refractivity contribution >= 4 is 51.6 Å². The summed E-state index contributed by atoms with van der Waals surface area (Å²) in [5, 5.41) is 5.24. The number of allylic oxidation sites excluding steroid dienone is 24. The number of para-hydroxylation sites is 1. The Kier molecular flexibility index (Phi) is 13.6. The molecule has 0 saturated heterocycles. The lowest BCUT2D eigenvalue weighted by Gasteiger charge is -2.24. The number of aromatic nitrogens is 4. The molecule has 0 amide bonds. The first kappa shape index (κ1) is 43.0. The quantitative estimate of drug-likeness (QED) is 0.0909. The van der Waals surface area contributed by atoms with Gasteiger partial charge in [0.05, 0.1) is 11.2 Å². The van der Waals surface area contributed by atoms with Crippen LogP contribution in [0.5, 0.6) is 0 Å². The lowest BCUT2D eigenvalue weighted by Crippen LogP contribution is -2.22. The molecule has 318 valence electrons. The normalized spacial score (nSPS) is 16.5. The van der Waals surface area contributed by atoms with Crippen molar-refractivity contribution in [2.75, 3.05) is 0 Å². The minimum atomic E-state index is -0.845. The molecule has 0 bridgehead atoms. The minimum absolute atomic E-state index is 0.0566. The number of nitrogens with zero attached hydrogens (tertiary/aromatic N) is 4. The molecule has 65 heavy (non-hydrogen) atoms. The lowest BCUT2D eigenvalue weighted by atomic mass is 10.0. The van der Waals surface area contributed by atoms with Gasteiger partial charge in [-0.1, -0.05) is 206 Å². The molecule has 3 aliphatic rings. The molecule has 2 heterocycles. The van der Waals surface area contributed by atoms with E-state index in [1.54, 1.807) is 0 Å². The summed E-state index contributed by atoms with van der Waals surface area (Å²) < 4.78 is 2.47. The molecule has 3 aliphatic carbocycles. The Labute approximate surface area is 385 Å². The van der Waals surface area contributed by atoms with Crippen LogP contribution in [-0.2, 0) is 6.42 Å². The zero-order valence-electron chi connectivity index (χ0n) is 37.3. The molecule has 2 aromatic heterocycles. The van der Waals surface area contributed by atoms with E-state index in [9.17, 15) is 0 Å². The van der Waals surface area contributed by atoms with Crippen LogP contribution in [0.25, 0.3) is 39.0 Å². The molecule has 4 nitrogen and oxygen atoms in total. The maximum Gasteiger partial charge on any atom is 0.163 e. The molecule has 0 radical (unpaired) electrons. The Morgan fingerprint density at radius 1 is 0.708 bits per heavy atom. The molecule has 1 unspecified atom stereocenters. The first-order valence-electron chi connectivity index (χ1n) is 22.6. The number of rotatable bonds is 12. The van der Waals surface area contributed by atoms with Crippen LogP contribution in [0, 0.1) is 12.8 Å². The van der Waals surface area contributed by atoms with Crippen LogP contribution in [0.3, 0.4) is 0 Å². The zero-order valence-corrected chi connectivity index (χ0v) is 38.2. The van der Waals surface area contributed by atoms with Gasteiger partial charge in [0.1, 0.15) is 5.82 Å². The van der Waals surface area contributed by atoms with Gasteiger partial charge in [-0.3, -0.25) is 0 Å². The van der Waals surface area contributed by atoms with Gasteiger partial charge in [-0.15, -0.1) is 0 Å². The molecular formula is C60H53N4P. The van der Waals surface area contributed by atoms with Crippen LogP contribution in [0.2, 0.25) is 0 Å². The van der Waals surface area contributed by atoms with Crippen molar-refractivity contribution in [3.63, 3.8) is 0 Å². The third kappa shape index (κ3) is 9.80. The Hall–Kier alpha value is -7.26. The van der Waals surface area contributed by atoms with Crippen molar-refractivity contribution in [2.24, 2.45) is 5.92 Å². The molecule has 0 N–H and O–H groups in total. The van der Waals surface area contributed by atoms with Crippen LogP contribution in [0.15, 0.2) is 236 Å². The standard InChI is InChI=1S/C60H53N4P/c1-4-5-6-11-24-44(2)59-61-57(62-60(63-59)49-29-23-28-48(40-41-49)47-26-12-7-8-13-27-47)43-46-25-22-30-50(42-39-46)64-55-37-20-18-35-53(55)45(3)58(64)54-36-19-21-38-56(54)65(51-31-14-9-15-32-51)52-33-16-10-17-34-52/h4-12,14-27,29-42,46H,13,28,43H2,1-3H3/b5-4-,11-6-,44-24+. The van der Waals surface area contributed by atoms with Gasteiger partial charge in [0.25, 0.3) is 0 Å². The third-order valence-electron chi connectivity index (χ3n) is 11.9. The highest BCUT2D eigenvalue weighted by Gasteiger charge is 2.25. The maximum atomic E-state index is 5.17. The van der Waals surface area contributed by atoms with Crippen LogP contribution in [-0.4, -0.2) is 19.5 Å². The van der Waals surface area contributed by atoms with Crippen LogP contribution in [0.4, 0.5) is 0 Å². The largest absolute Gasteiger partial charge is 0.309 e. The average molecular weight is 861 g/mol. The van der Waals surface area contributed by atoms with E-state index in [0.29, 0.717) is 18.1 Å². The maximum absolute atomic E-state index is 5.17. The highest BCUT2D eigenvalue weighted by molar-refractivity contribution is 7.80. The highest BCUT2D eigenvalue weighted by Crippen LogP contribution is 2.42. The van der Waals surface area contributed by atoms with Crippen molar-refractivity contribution in [3.8, 4) is 11.3 Å². The lowest BCUT2D eigenvalue weighted by molar-refractivity contribution is 0.734. The van der Waals surface area contributed by atoms with Crippen molar-refractivity contribution < 1.29 is 0 Å². The fraction of sp³-hybridized carbons (Fsp3) is 0.117. The molecule has 0 fully saturated rings. The molecule has 5 heteroatoms. The topological polar surface area (TPSA) is 43.6 Å². The van der Waals surface area contributed by atoms with Crippen LogP contribution < -0.4 is 15.9 Å². The van der Waals surface area contributed by atoms with Crippen LogP contribution >= 0.6 is 7.92 Å². The third-order valence-corrected chi connectivity index (χ3v) is 14.4. The van der Waals surface area contributed by atoms with Gasteiger partial charge in [-0.05, 0) is 97.9 Å². The molecule has 9 rings (SSSR count). The van der Waals surface area contributed by atoms with E-state index >= 15 is 0 Å². The number of aryl methyl sites for hydroxylation is 1. The molecule has 6 aromatic rings. The van der Waals surface area contributed by atoms with Gasteiger partial charge in [0.2, 0.25) is 0 Å². The van der Waals surface area contributed by atoms with E-state index in [1.807, 2.05) is 31.2 Å². The summed E-state index contributed by atoms with van der Waals surface area (Å²) in [5.41, 5.74) is 10.5. The Morgan fingerprint density at radius 3 is 2.29 bits per heavy atom. The minimum Gasteiger partial charge on any atom is -0.309 e. The highest BCUT2D eigenvalue weighted by atomic mass is 31.1. The molecular weight excluding hydrogens is 808 g/mol. The van der Waals surface area contributed by atoms with E-state index < -0.39 is 7.92 Å². The Bertz CT molecular complexity index is 3050. The second-order valence-corrected chi connectivity index (χ2v) is 18.5. The predicted octanol–water partition coefficient (Wildman–Crippen LogP) is 13.6. The summed E-state index contributed by atoms with van der Waals surface area (Å²) in [7, 11) is -0.845. The Balaban J connectivity index is 1.08. The van der Waals surface area contributed by atoms with Gasteiger partial charge >= 0.3 is 0 Å². The number of fused-ring (bicyclic) bond motifs is 1. The first-order valence-corrected chi connectivity index (χ1v) is 23.9. The monoisotopic (exact) mass is 860 g/mol. The van der Waals surface area contributed by atoms with E-state index in [2.05, 4.69) is 219 Å². The van der Waals surface area contributed by atoms with E-state index in [4.69, 9.17) is 15.0 Å². The van der Waals surface area contributed by atoms with Gasteiger partial charge in [-0.25, -0.2) is 15.0 Å². The average Bonchev–Trinajstić information content (AvgIpc) is 3.74. The SMILES string of the molecule is C\C=C/C=C\C=C(/C)c1nc(CC2C=CC=C(n3c(-c4ccccc4P(c4ccccc4)c4ccccc4)c(C)c4ccccc43)C=C2)nc(C2=CC=C(C3=CCC=CC=C3)CC=C2)n1. The molecule has 4 aromatic carbocycles. The fourth-order valence-electron chi connectivity index (χ4n) is 8.65. The van der Waals surface area contributed by atoms with Gasteiger partial charge in [0.15, 0.2) is 11.6 Å². The summed E-state index contributed by atoms with van der Waals surface area (Å²) in [4.78, 5) is 15.3. The second-order valence-electron chi connectivity index (χ2n) is 16.3. The number of hydrogen-bond acceptors (Lipinski definition) is 3. The van der Waals surface area contributed by atoms with Gasteiger partial charge < -0.3 is 4.57 Å². The molecule has 1 atom stereocenters. The van der Waals surface area contributed by atoms with E-state index in [1.165, 1.54) is 54.8 Å². The summed E-state index contributed by atoms with van der Waals surface area (Å²) in [5.74, 6) is 2.18. The zero-order chi connectivity index (χ0) is 44.4. The van der Waals surface area contributed by atoms with E-state index in [-0.39, 0.29) is 5.92 Å². The van der Waals surface area contributed by atoms with Gasteiger partial charge in [0, 0.05) is 34.6 Å². The molecule has 0 saturated carbocycles. The number of benzene rings is 4. The first-order chi connectivity index (χ1) is 32.1. The summed E-state index contributed by atoms with van der Waals surface area (Å²) in [6.07, 6.45) is 43.5. The van der Waals surface area contributed by atoms with Crippen molar-refractivity contribution in [3.05, 3.63) is 259 Å².